The van der Waals surface area contributed by atoms with Crippen LogP contribution in [0.1, 0.15) is 22.8 Å². The maximum Gasteiger partial charge on any atom is 0.159 e. The first kappa shape index (κ1) is 17.8. The van der Waals surface area contributed by atoms with Crippen LogP contribution in [0.3, 0.4) is 0 Å². The Morgan fingerprint density at radius 2 is 2.29 bits per heavy atom. The molecule has 21 heavy (non-hydrogen) atoms. The molecule has 0 aromatic heterocycles. The Balaban J connectivity index is 0.00000220. The largest absolute Gasteiger partial charge is 0.496 e. The fraction of sp³-hybridized carbons (Fsp3) is 0.429. The quantitative estimate of drug-likeness (QED) is 0.859. The van der Waals surface area contributed by atoms with Gasteiger partial charge in [0.15, 0.2) is 11.0 Å². The number of rotatable bonds is 4. The van der Waals surface area contributed by atoms with Crippen LogP contribution >= 0.6 is 24.2 Å². The van der Waals surface area contributed by atoms with Gasteiger partial charge >= 0.3 is 0 Å². The maximum atomic E-state index is 11.5. The Kier molecular flexibility index (Phi) is 7.01. The number of benzene rings is 1. The van der Waals surface area contributed by atoms with Crippen molar-refractivity contribution < 1.29 is 9.53 Å². The smallest absolute Gasteiger partial charge is 0.159 e. The Bertz CT molecular complexity index is 537. The number of hydrogen-bond donors (Lipinski definition) is 1. The highest BCUT2D eigenvalue weighted by Gasteiger charge is 2.12. The first-order valence-corrected chi connectivity index (χ1v) is 7.36. The predicted octanol–water partition coefficient (Wildman–Crippen LogP) is 2.36. The lowest BCUT2D eigenvalue weighted by atomic mass is 10.1. The number of Topliss-reactive ketones (excluding diaryl/α,β-unsaturated/α-hetero) is 1. The number of nitrogens with one attached hydrogen (secondary N) is 1. The van der Waals surface area contributed by atoms with E-state index >= 15 is 0 Å². The zero-order valence-electron chi connectivity index (χ0n) is 12.4. The molecule has 7 heteroatoms. The van der Waals surface area contributed by atoms with Crippen molar-refractivity contribution in [1.82, 2.24) is 10.2 Å². The molecule has 0 saturated heterocycles. The summed E-state index contributed by atoms with van der Waals surface area (Å²) in [6.07, 6.45) is 0. The molecule has 0 saturated carbocycles. The molecule has 1 heterocycles. The molecule has 0 aliphatic carbocycles. The van der Waals surface area contributed by atoms with Gasteiger partial charge in [-0.3, -0.25) is 9.69 Å². The normalized spacial score (nSPS) is 14.7. The average molecular weight is 330 g/mol. The molecule has 1 aromatic rings. The standard InChI is InChI=1S/C14H19N3O2S.ClH/c1-10(18)11-4-5-13(19-3)12(6-11)7-20-14-15-8-17(2)9-16-14;/h4-6H,7-9H2,1-3H3,(H,15,16);1H. The van der Waals surface area contributed by atoms with Crippen LogP contribution < -0.4 is 10.1 Å². The minimum atomic E-state index is 0. The van der Waals surface area contributed by atoms with E-state index in [4.69, 9.17) is 4.74 Å². The van der Waals surface area contributed by atoms with Gasteiger partial charge in [0.2, 0.25) is 0 Å². The van der Waals surface area contributed by atoms with Crippen molar-refractivity contribution in [2.75, 3.05) is 27.5 Å². The molecule has 0 fully saturated rings. The van der Waals surface area contributed by atoms with Crippen LogP contribution in [0, 0.1) is 0 Å². The second-order valence-corrected chi connectivity index (χ2v) is 5.63. The number of ketones is 1. The van der Waals surface area contributed by atoms with E-state index < -0.39 is 0 Å². The number of methoxy groups -OCH3 is 1. The van der Waals surface area contributed by atoms with Crippen molar-refractivity contribution in [2.45, 2.75) is 12.7 Å². The molecule has 0 atom stereocenters. The van der Waals surface area contributed by atoms with E-state index in [0.29, 0.717) is 12.2 Å². The summed E-state index contributed by atoms with van der Waals surface area (Å²) in [5, 5.41) is 4.17. The number of thioether (sulfide) groups is 1. The molecular formula is C14H20ClN3O2S. The second kappa shape index (κ2) is 8.26. The topological polar surface area (TPSA) is 53.9 Å². The summed E-state index contributed by atoms with van der Waals surface area (Å²) in [6, 6.07) is 5.53. The predicted molar refractivity (Wildman–Crippen MR) is 89.6 cm³/mol. The third-order valence-electron chi connectivity index (χ3n) is 3.01. The zero-order valence-corrected chi connectivity index (χ0v) is 14.0. The first-order chi connectivity index (χ1) is 9.60. The molecule has 5 nitrogen and oxygen atoms in total. The highest BCUT2D eigenvalue weighted by Crippen LogP contribution is 2.25. The molecule has 1 aliphatic heterocycles. The molecule has 0 bridgehead atoms. The first-order valence-electron chi connectivity index (χ1n) is 6.37. The van der Waals surface area contributed by atoms with Gasteiger partial charge in [0.05, 0.1) is 20.4 Å². The molecule has 0 radical (unpaired) electrons. The van der Waals surface area contributed by atoms with E-state index in [1.165, 1.54) is 0 Å². The van der Waals surface area contributed by atoms with E-state index in [0.717, 1.165) is 28.9 Å². The van der Waals surface area contributed by atoms with Crippen LogP contribution in [0.4, 0.5) is 0 Å². The lowest BCUT2D eigenvalue weighted by Gasteiger charge is -2.22. The van der Waals surface area contributed by atoms with Crippen LogP contribution in [0.25, 0.3) is 0 Å². The Labute approximate surface area is 135 Å². The van der Waals surface area contributed by atoms with Crippen molar-refractivity contribution in [2.24, 2.45) is 4.99 Å². The van der Waals surface area contributed by atoms with Crippen molar-refractivity contribution >= 4 is 35.1 Å². The van der Waals surface area contributed by atoms with Crippen molar-refractivity contribution in [3.8, 4) is 5.75 Å². The number of amidine groups is 1. The second-order valence-electron chi connectivity index (χ2n) is 4.67. The monoisotopic (exact) mass is 329 g/mol. The zero-order chi connectivity index (χ0) is 14.5. The molecule has 1 N–H and O–H groups in total. The SMILES string of the molecule is COc1ccc(C(C)=O)cc1CSC1=NCN(C)CN1.Cl. The highest BCUT2D eigenvalue weighted by atomic mass is 35.5. The number of nitrogens with zero attached hydrogens (tertiary/aromatic N) is 2. The number of hydrogen-bond acceptors (Lipinski definition) is 6. The molecule has 1 aliphatic rings. The maximum absolute atomic E-state index is 11.5. The van der Waals surface area contributed by atoms with Crippen molar-refractivity contribution in [1.29, 1.82) is 0 Å². The number of carbonyl (C=O) groups excluding carboxylic acids is 1. The minimum Gasteiger partial charge on any atom is -0.496 e. The van der Waals surface area contributed by atoms with E-state index in [9.17, 15) is 4.79 Å². The molecule has 0 unspecified atom stereocenters. The number of ether oxygens (including phenoxy) is 1. The van der Waals surface area contributed by atoms with E-state index in [-0.39, 0.29) is 18.2 Å². The number of halogens is 1. The summed E-state index contributed by atoms with van der Waals surface area (Å²) in [6.45, 7) is 3.08. The third kappa shape index (κ3) is 4.91. The highest BCUT2D eigenvalue weighted by molar-refractivity contribution is 8.13. The Morgan fingerprint density at radius 1 is 1.52 bits per heavy atom. The van der Waals surface area contributed by atoms with E-state index in [1.54, 1.807) is 31.9 Å². The summed E-state index contributed by atoms with van der Waals surface area (Å²) < 4.78 is 5.34. The number of carbonyl (C=O) groups is 1. The minimum absolute atomic E-state index is 0. The Morgan fingerprint density at radius 3 is 2.86 bits per heavy atom. The van der Waals surface area contributed by atoms with Crippen LogP contribution in [0.2, 0.25) is 0 Å². The van der Waals surface area contributed by atoms with Crippen molar-refractivity contribution in [3.63, 3.8) is 0 Å². The molecule has 0 amide bonds. The molecule has 2 rings (SSSR count). The van der Waals surface area contributed by atoms with Gasteiger partial charge < -0.3 is 10.1 Å². The van der Waals surface area contributed by atoms with Gasteiger partial charge in [-0.25, -0.2) is 4.99 Å². The van der Waals surface area contributed by atoms with Gasteiger partial charge in [0, 0.05) is 16.9 Å². The lowest BCUT2D eigenvalue weighted by molar-refractivity contribution is 0.101. The fourth-order valence-corrected chi connectivity index (χ4v) is 2.68. The lowest BCUT2D eigenvalue weighted by Crippen LogP contribution is -2.39. The van der Waals surface area contributed by atoms with Gasteiger partial charge in [0.1, 0.15) is 5.75 Å². The molecule has 1 aromatic carbocycles. The Hall–Kier alpha value is -1.24. The van der Waals surface area contributed by atoms with Gasteiger partial charge in [-0.1, -0.05) is 11.8 Å². The van der Waals surface area contributed by atoms with Gasteiger partial charge in [0.25, 0.3) is 0 Å². The van der Waals surface area contributed by atoms with Crippen LogP contribution in [-0.4, -0.2) is 43.3 Å². The summed E-state index contributed by atoms with van der Waals surface area (Å²) in [5.41, 5.74) is 1.72. The summed E-state index contributed by atoms with van der Waals surface area (Å²) in [4.78, 5) is 18.0. The fourth-order valence-electron chi connectivity index (χ4n) is 1.85. The molecular weight excluding hydrogens is 310 g/mol. The van der Waals surface area contributed by atoms with Crippen LogP contribution in [0.5, 0.6) is 5.75 Å². The summed E-state index contributed by atoms with van der Waals surface area (Å²) >= 11 is 1.62. The van der Waals surface area contributed by atoms with Gasteiger partial charge in [-0.15, -0.1) is 12.4 Å². The van der Waals surface area contributed by atoms with E-state index in [2.05, 4.69) is 15.2 Å². The summed E-state index contributed by atoms with van der Waals surface area (Å²) in [7, 11) is 3.65. The van der Waals surface area contributed by atoms with Crippen molar-refractivity contribution in [3.05, 3.63) is 29.3 Å². The van der Waals surface area contributed by atoms with Gasteiger partial charge in [-0.2, -0.15) is 0 Å². The van der Waals surface area contributed by atoms with Crippen LogP contribution in [-0.2, 0) is 5.75 Å². The number of aliphatic imine (C=N–C) groups is 1. The van der Waals surface area contributed by atoms with Gasteiger partial charge in [-0.05, 0) is 32.2 Å². The average Bonchev–Trinajstić information content (AvgIpc) is 2.46. The summed E-state index contributed by atoms with van der Waals surface area (Å²) in [5.74, 6) is 1.59. The van der Waals surface area contributed by atoms with E-state index in [1.807, 2.05) is 19.2 Å². The molecule has 0 spiro atoms. The third-order valence-corrected chi connectivity index (χ3v) is 4.01. The van der Waals surface area contributed by atoms with Crippen LogP contribution in [0.15, 0.2) is 23.2 Å². The molecule has 116 valence electrons.